The molecule has 3 heteroatoms. The third kappa shape index (κ3) is 6.66. The summed E-state index contributed by atoms with van der Waals surface area (Å²) >= 11 is 3.75. The Hall–Kier alpha value is -1.69. The molecule has 1 N–H and O–H groups in total. The molecule has 0 aliphatic rings. The van der Waals surface area contributed by atoms with E-state index in [0.29, 0.717) is 5.78 Å². The van der Waals surface area contributed by atoms with Gasteiger partial charge in [0.2, 0.25) is 0 Å². The van der Waals surface area contributed by atoms with Gasteiger partial charge >= 0.3 is 184 Å². The van der Waals surface area contributed by atoms with Crippen molar-refractivity contribution in [3.8, 4) is 0 Å². The molecular formula is C26H30NPSe. The molecule has 0 amide bonds. The molecule has 29 heavy (non-hydrogen) atoms. The number of rotatable bonds is 11. The topological polar surface area (TPSA) is 12.0 Å². The molecule has 0 radical (unpaired) electrons. The van der Waals surface area contributed by atoms with Gasteiger partial charge in [-0.3, -0.25) is 0 Å². The van der Waals surface area contributed by atoms with Crippen LogP contribution in [0.25, 0.3) is 0 Å². The maximum absolute atomic E-state index is 3.94. The van der Waals surface area contributed by atoms with Crippen LogP contribution in [0.15, 0.2) is 104 Å². The Morgan fingerprint density at radius 1 is 0.759 bits per heavy atom. The fourth-order valence-corrected chi connectivity index (χ4v) is 9.23. The summed E-state index contributed by atoms with van der Waals surface area (Å²) in [6.07, 6.45) is 6.56. The van der Waals surface area contributed by atoms with Gasteiger partial charge in [-0.25, -0.2) is 0 Å². The van der Waals surface area contributed by atoms with E-state index in [-0.39, 0.29) is 0 Å². The normalized spacial score (nSPS) is 12.4. The zero-order valence-corrected chi connectivity index (χ0v) is 19.5. The molecule has 1 atom stereocenters. The molecule has 3 aromatic rings. The Bertz CT molecular complexity index is 862. The van der Waals surface area contributed by atoms with Gasteiger partial charge in [0.25, 0.3) is 0 Å². The van der Waals surface area contributed by atoms with E-state index in [1.54, 1.807) is 0 Å². The molecule has 0 aliphatic heterocycles. The predicted molar refractivity (Wildman–Crippen MR) is 130 cm³/mol. The molecule has 0 bridgehead atoms. The van der Waals surface area contributed by atoms with E-state index < -0.39 is 5.51 Å². The molecule has 150 valence electrons. The molecule has 0 fully saturated rings. The van der Waals surface area contributed by atoms with Crippen molar-refractivity contribution in [3.05, 3.63) is 120 Å². The van der Waals surface area contributed by atoms with Gasteiger partial charge in [-0.1, -0.05) is 0 Å². The first kappa shape index (κ1) is 22.0. The van der Waals surface area contributed by atoms with Crippen molar-refractivity contribution in [3.63, 3.8) is 0 Å². The molecule has 0 saturated carbocycles. The summed E-state index contributed by atoms with van der Waals surface area (Å²) in [5.41, 5.74) is 2.77. The average molecular weight is 466 g/mol. The summed E-state index contributed by atoms with van der Waals surface area (Å²) in [5.74, 6) is 0.342. The van der Waals surface area contributed by atoms with E-state index in [4.69, 9.17) is 0 Å². The quantitative estimate of drug-likeness (QED) is 0.206. The van der Waals surface area contributed by atoms with E-state index in [2.05, 4.69) is 118 Å². The van der Waals surface area contributed by atoms with Gasteiger partial charge in [-0.2, -0.15) is 0 Å². The van der Waals surface area contributed by atoms with Crippen molar-refractivity contribution in [2.24, 2.45) is 0 Å². The number of nitrogens with one attached hydrogen (secondary N) is 1. The van der Waals surface area contributed by atoms with E-state index in [1.807, 2.05) is 6.08 Å². The van der Waals surface area contributed by atoms with Crippen molar-refractivity contribution >= 4 is 20.6 Å². The van der Waals surface area contributed by atoms with E-state index in [1.165, 1.54) is 29.0 Å². The maximum atomic E-state index is 3.94. The van der Waals surface area contributed by atoms with Gasteiger partial charge < -0.3 is 0 Å². The number of aryl methyl sites for hydroxylation is 2. The molecule has 0 spiro atoms. The van der Waals surface area contributed by atoms with Crippen molar-refractivity contribution < 1.29 is 0 Å². The minimum absolute atomic E-state index is 0.342. The van der Waals surface area contributed by atoms with Gasteiger partial charge in [-0.05, 0) is 0 Å². The summed E-state index contributed by atoms with van der Waals surface area (Å²) < 4.78 is 0. The molecule has 1 nitrogen and oxygen atoms in total. The molecular weight excluding hydrogens is 436 g/mol. The van der Waals surface area contributed by atoms with Crippen LogP contribution in [0, 0.1) is 0 Å². The Balaban J connectivity index is 1.87. The van der Waals surface area contributed by atoms with Crippen LogP contribution >= 0.6 is 5.51 Å². The predicted octanol–water partition coefficient (Wildman–Crippen LogP) is 6.05. The van der Waals surface area contributed by atoms with Crippen molar-refractivity contribution in [1.82, 2.24) is 5.32 Å². The molecule has 1 unspecified atom stereocenters. The van der Waals surface area contributed by atoms with Gasteiger partial charge in [0.15, 0.2) is 0 Å². The van der Waals surface area contributed by atoms with Crippen LogP contribution < -0.4 is 5.32 Å². The summed E-state index contributed by atoms with van der Waals surface area (Å²) in [6.45, 7) is 4.75. The van der Waals surface area contributed by atoms with Crippen molar-refractivity contribution in [2.75, 3.05) is 18.9 Å². The molecule has 3 aromatic carbocycles. The van der Waals surface area contributed by atoms with E-state index in [0.717, 1.165) is 19.4 Å². The van der Waals surface area contributed by atoms with E-state index in [9.17, 15) is 0 Å². The van der Waals surface area contributed by atoms with Gasteiger partial charge in [0.05, 0.1) is 0 Å². The average Bonchev–Trinajstić information content (AvgIpc) is 2.79. The van der Waals surface area contributed by atoms with Crippen LogP contribution in [0.5, 0.6) is 0 Å². The van der Waals surface area contributed by atoms with Crippen LogP contribution in [0.1, 0.15) is 22.5 Å². The zero-order chi connectivity index (χ0) is 20.4. The molecule has 0 aliphatic carbocycles. The standard InChI is InChI=1S/C26H30NPSe/c1-2-20-27-26(25-16-10-5-11-17-25)28(29,21-18-23-12-6-3-7-13-23)22-19-24-14-8-4-9-15-24/h2-17,26-27H,1,18-22H2. The van der Waals surface area contributed by atoms with Crippen molar-refractivity contribution in [1.29, 1.82) is 0 Å². The number of benzene rings is 3. The Morgan fingerprint density at radius 2 is 1.21 bits per heavy atom. The minimum atomic E-state index is -1.45. The third-order valence-corrected chi connectivity index (χ3v) is 12.3. The van der Waals surface area contributed by atoms with Gasteiger partial charge in [0, 0.05) is 0 Å². The molecule has 3 rings (SSSR count). The second-order valence-corrected chi connectivity index (χ2v) is 15.3. The fraction of sp³-hybridized carbons (Fsp3) is 0.231. The second-order valence-electron chi connectivity index (χ2n) is 7.38. The molecule has 0 saturated heterocycles. The fourth-order valence-electron chi connectivity index (χ4n) is 3.68. The molecule has 0 aromatic heterocycles. The SMILES string of the molecule is C=CCNC(c1ccccc1)P(=[Se])(CCc1ccccc1)CCc1ccccc1. The summed E-state index contributed by atoms with van der Waals surface area (Å²) in [7, 11) is 0. The number of hydrogen-bond acceptors (Lipinski definition) is 1. The first-order valence-corrected chi connectivity index (χ1v) is 14.7. The Kier molecular flexibility index (Phi) is 8.71. The number of hydrogen-bond donors (Lipinski definition) is 1. The first-order valence-electron chi connectivity index (χ1n) is 10.3. The van der Waals surface area contributed by atoms with Crippen LogP contribution in [0.3, 0.4) is 0 Å². The Morgan fingerprint density at radius 3 is 1.66 bits per heavy atom. The monoisotopic (exact) mass is 467 g/mol. The van der Waals surface area contributed by atoms with Gasteiger partial charge in [-0.15, -0.1) is 0 Å². The van der Waals surface area contributed by atoms with Crippen LogP contribution in [0.4, 0.5) is 0 Å². The second kappa shape index (κ2) is 11.5. The van der Waals surface area contributed by atoms with Crippen LogP contribution in [-0.4, -0.2) is 34.0 Å². The van der Waals surface area contributed by atoms with Gasteiger partial charge in [0.1, 0.15) is 0 Å². The summed E-state index contributed by atoms with van der Waals surface area (Å²) in [6, 6.07) is 32.7. The Labute approximate surface area is 183 Å². The van der Waals surface area contributed by atoms with Crippen LogP contribution in [-0.2, 0) is 12.8 Å². The molecule has 0 heterocycles. The summed E-state index contributed by atoms with van der Waals surface area (Å²) in [5, 5.41) is 3.80. The van der Waals surface area contributed by atoms with Crippen LogP contribution in [0.2, 0.25) is 0 Å². The first-order chi connectivity index (χ1) is 14.2. The zero-order valence-electron chi connectivity index (χ0n) is 16.9. The van der Waals surface area contributed by atoms with Crippen molar-refractivity contribution in [2.45, 2.75) is 18.6 Å². The summed E-state index contributed by atoms with van der Waals surface area (Å²) in [4.78, 5) is 0. The third-order valence-electron chi connectivity index (χ3n) is 5.29. The van der Waals surface area contributed by atoms with E-state index >= 15 is 0 Å².